The number of ether oxygens (including phenoxy) is 2. The molecule has 1 amide bonds. The van der Waals surface area contributed by atoms with Gasteiger partial charge in [0.15, 0.2) is 0 Å². The van der Waals surface area contributed by atoms with Gasteiger partial charge in [0.1, 0.15) is 12.6 Å². The first-order valence-corrected chi connectivity index (χ1v) is 9.00. The maximum atomic E-state index is 11.9. The van der Waals surface area contributed by atoms with E-state index in [9.17, 15) is 9.59 Å². The maximum Gasteiger partial charge on any atom is 0.320 e. The Balaban J connectivity index is 2.15. The summed E-state index contributed by atoms with van der Waals surface area (Å²) in [6.45, 7) is 2.92. The number of hydrogen-bond acceptors (Lipinski definition) is 5. The number of carboxylic acids is 1. The van der Waals surface area contributed by atoms with Crippen LogP contribution in [0.3, 0.4) is 0 Å². The molecule has 0 aromatic heterocycles. The molecule has 0 unspecified atom stereocenters. The minimum atomic E-state index is -1.04. The number of quaternary nitrogens is 1. The van der Waals surface area contributed by atoms with Gasteiger partial charge in [-0.15, -0.1) is 0 Å². The molecule has 1 rings (SSSR count). The van der Waals surface area contributed by atoms with Crippen LogP contribution in [0.2, 0.25) is 0 Å². The van der Waals surface area contributed by atoms with E-state index in [1.165, 1.54) is 0 Å². The highest BCUT2D eigenvalue weighted by molar-refractivity contribution is 5.90. The zero-order valence-corrected chi connectivity index (χ0v) is 16.4. The van der Waals surface area contributed by atoms with Gasteiger partial charge in [-0.2, -0.15) is 0 Å². The summed E-state index contributed by atoms with van der Waals surface area (Å²) < 4.78 is 11.7. The normalized spacial score (nSPS) is 12.6. The molecule has 152 valence electrons. The zero-order chi connectivity index (χ0) is 20.3. The van der Waals surface area contributed by atoms with E-state index in [4.69, 9.17) is 20.3 Å². The number of nitrogens with one attached hydrogen (secondary N) is 1. The molecule has 4 N–H and O–H groups in total. The number of carboxylic acid groups (broad SMARTS) is 1. The summed E-state index contributed by atoms with van der Waals surface area (Å²) in [5.41, 5.74) is 6.95. The van der Waals surface area contributed by atoms with E-state index in [0.29, 0.717) is 32.1 Å². The minimum absolute atomic E-state index is 0.143. The van der Waals surface area contributed by atoms with E-state index in [1.54, 1.807) is 24.3 Å². The number of aliphatic carboxylic acids is 1. The lowest BCUT2D eigenvalue weighted by atomic mass is 10.1. The van der Waals surface area contributed by atoms with Crippen LogP contribution in [-0.4, -0.2) is 81.6 Å². The highest BCUT2D eigenvalue weighted by Crippen LogP contribution is 2.11. The Bertz CT molecular complexity index is 584. The Morgan fingerprint density at radius 2 is 1.67 bits per heavy atom. The van der Waals surface area contributed by atoms with E-state index in [1.807, 2.05) is 0 Å². The lowest BCUT2D eigenvalue weighted by Gasteiger charge is -2.23. The van der Waals surface area contributed by atoms with Crippen LogP contribution in [0.5, 0.6) is 0 Å². The maximum absolute atomic E-state index is 11.9. The number of amides is 1. The fourth-order valence-electron chi connectivity index (χ4n) is 2.11. The van der Waals surface area contributed by atoms with Crippen LogP contribution in [0.25, 0.3) is 0 Å². The summed E-state index contributed by atoms with van der Waals surface area (Å²) in [7, 11) is 6.32. The van der Waals surface area contributed by atoms with Crippen LogP contribution in [-0.2, 0) is 25.5 Å². The summed E-state index contributed by atoms with van der Waals surface area (Å²) in [6.07, 6.45) is 0.499. The number of anilines is 1. The number of carbonyl (C=O) groups is 2. The van der Waals surface area contributed by atoms with Crippen molar-refractivity contribution in [1.29, 1.82) is 0 Å². The van der Waals surface area contributed by atoms with Crippen LogP contribution in [0.15, 0.2) is 24.3 Å². The molecule has 0 aliphatic rings. The molecule has 0 aliphatic carbocycles. The molecule has 0 aliphatic heterocycles. The number of hydrogen-bond donors (Lipinski definition) is 3. The van der Waals surface area contributed by atoms with Gasteiger partial charge in [-0.1, -0.05) is 12.1 Å². The van der Waals surface area contributed by atoms with Crippen molar-refractivity contribution in [2.75, 3.05) is 59.4 Å². The second kappa shape index (κ2) is 11.7. The Hall–Kier alpha value is -2.00. The number of carbonyl (C=O) groups excluding carboxylic acids is 1. The third-order valence-corrected chi connectivity index (χ3v) is 3.76. The van der Waals surface area contributed by atoms with Crippen molar-refractivity contribution in [3.8, 4) is 0 Å². The molecular formula is C19H32N3O5+. The van der Waals surface area contributed by atoms with Gasteiger partial charge in [0, 0.05) is 5.69 Å². The van der Waals surface area contributed by atoms with Crippen molar-refractivity contribution in [3.05, 3.63) is 29.8 Å². The number of likely N-dealkylation sites (N-methyl/N-ethyl adjacent to an activating group) is 1. The van der Waals surface area contributed by atoms with E-state index >= 15 is 0 Å². The first-order chi connectivity index (χ1) is 12.7. The molecule has 1 atom stereocenters. The van der Waals surface area contributed by atoms with Crippen molar-refractivity contribution in [2.45, 2.75) is 18.9 Å². The first kappa shape index (κ1) is 23.0. The van der Waals surface area contributed by atoms with Crippen molar-refractivity contribution in [3.63, 3.8) is 0 Å². The summed E-state index contributed by atoms with van der Waals surface area (Å²) in [4.78, 5) is 22.6. The second-order valence-corrected chi connectivity index (χ2v) is 7.38. The second-order valence-electron chi connectivity index (χ2n) is 7.38. The predicted molar refractivity (Wildman–Crippen MR) is 104 cm³/mol. The monoisotopic (exact) mass is 382 g/mol. The molecule has 0 bridgehead atoms. The molecular weight excluding hydrogens is 350 g/mol. The fourth-order valence-corrected chi connectivity index (χ4v) is 2.11. The van der Waals surface area contributed by atoms with Crippen LogP contribution in [0.1, 0.15) is 12.0 Å². The minimum Gasteiger partial charge on any atom is -0.480 e. The van der Waals surface area contributed by atoms with Crippen LogP contribution >= 0.6 is 0 Å². The standard InChI is InChI=1S/C19H31N3O5/c1-22(2,3)9-11-27-13-12-26-10-8-18(23)21-16-6-4-15(5-7-16)14-17(20)19(24)25/h4-7,17H,8-14,20H2,1-3H3,(H-,21,23,24,25)/p+1/t17-/m0/s1. The fraction of sp³-hybridized carbons (Fsp3) is 0.579. The lowest BCUT2D eigenvalue weighted by Crippen LogP contribution is -2.37. The van der Waals surface area contributed by atoms with E-state index < -0.39 is 12.0 Å². The lowest BCUT2D eigenvalue weighted by molar-refractivity contribution is -0.870. The molecule has 0 spiro atoms. The number of benzene rings is 1. The van der Waals surface area contributed by atoms with Gasteiger partial charge in [0.25, 0.3) is 0 Å². The topological polar surface area (TPSA) is 111 Å². The van der Waals surface area contributed by atoms with Crippen LogP contribution < -0.4 is 11.1 Å². The Morgan fingerprint density at radius 1 is 1.07 bits per heavy atom. The molecule has 0 saturated heterocycles. The number of nitrogens with two attached hydrogens (primary N) is 1. The highest BCUT2D eigenvalue weighted by Gasteiger charge is 2.12. The summed E-state index contributed by atoms with van der Waals surface area (Å²) in [5.74, 6) is -1.18. The quantitative estimate of drug-likeness (QED) is 0.342. The zero-order valence-electron chi connectivity index (χ0n) is 16.4. The summed E-state index contributed by atoms with van der Waals surface area (Å²) in [6, 6.07) is 6.03. The Morgan fingerprint density at radius 3 is 2.22 bits per heavy atom. The summed E-state index contributed by atoms with van der Waals surface area (Å²) >= 11 is 0. The van der Waals surface area contributed by atoms with Gasteiger partial charge in [0.05, 0.1) is 54.0 Å². The molecule has 8 heteroatoms. The molecule has 0 heterocycles. The van der Waals surface area contributed by atoms with Crippen molar-refractivity contribution >= 4 is 17.6 Å². The Labute approximate surface area is 160 Å². The molecule has 1 aromatic rings. The van der Waals surface area contributed by atoms with Gasteiger partial charge < -0.3 is 30.1 Å². The van der Waals surface area contributed by atoms with E-state index in [0.717, 1.165) is 16.6 Å². The van der Waals surface area contributed by atoms with Gasteiger partial charge >= 0.3 is 5.97 Å². The number of rotatable bonds is 13. The van der Waals surface area contributed by atoms with Gasteiger partial charge in [-0.3, -0.25) is 9.59 Å². The van der Waals surface area contributed by atoms with Crippen molar-refractivity contribution in [2.24, 2.45) is 5.73 Å². The Kier molecular flexibility index (Phi) is 9.95. The van der Waals surface area contributed by atoms with Gasteiger partial charge in [0.2, 0.25) is 5.91 Å². The molecule has 27 heavy (non-hydrogen) atoms. The molecule has 0 saturated carbocycles. The third kappa shape index (κ3) is 11.3. The van der Waals surface area contributed by atoms with Gasteiger partial charge in [-0.05, 0) is 24.1 Å². The SMILES string of the molecule is C[N+](C)(C)CCOCCOCCC(=O)Nc1ccc(C[C@H](N)C(=O)O)cc1. The molecule has 0 radical (unpaired) electrons. The smallest absolute Gasteiger partial charge is 0.320 e. The summed E-state index contributed by atoms with van der Waals surface area (Å²) in [5, 5.41) is 11.6. The molecule has 8 nitrogen and oxygen atoms in total. The first-order valence-electron chi connectivity index (χ1n) is 9.00. The largest absolute Gasteiger partial charge is 0.480 e. The van der Waals surface area contributed by atoms with Crippen molar-refractivity contribution < 1.29 is 28.7 Å². The van der Waals surface area contributed by atoms with E-state index in [-0.39, 0.29) is 18.7 Å². The van der Waals surface area contributed by atoms with Gasteiger partial charge in [-0.25, -0.2) is 0 Å². The average molecular weight is 382 g/mol. The molecule has 1 aromatic carbocycles. The highest BCUT2D eigenvalue weighted by atomic mass is 16.5. The van der Waals surface area contributed by atoms with Crippen LogP contribution in [0, 0.1) is 0 Å². The average Bonchev–Trinajstić information content (AvgIpc) is 2.58. The van der Waals surface area contributed by atoms with Crippen LogP contribution in [0.4, 0.5) is 5.69 Å². The predicted octanol–water partition coefficient (Wildman–Crippen LogP) is 0.709. The number of nitrogens with zero attached hydrogens (tertiary/aromatic N) is 1. The third-order valence-electron chi connectivity index (χ3n) is 3.76. The van der Waals surface area contributed by atoms with E-state index in [2.05, 4.69) is 26.5 Å². The van der Waals surface area contributed by atoms with Crippen molar-refractivity contribution in [1.82, 2.24) is 0 Å². The molecule has 0 fully saturated rings.